The predicted octanol–water partition coefficient (Wildman–Crippen LogP) is 0.979. The van der Waals surface area contributed by atoms with Crippen molar-refractivity contribution in [3.05, 3.63) is 35.6 Å². The van der Waals surface area contributed by atoms with Crippen LogP contribution < -0.4 is 5.32 Å². The third-order valence-electron chi connectivity index (χ3n) is 3.95. The van der Waals surface area contributed by atoms with Crippen molar-refractivity contribution >= 4 is 29.5 Å². The van der Waals surface area contributed by atoms with Crippen LogP contribution in [0.4, 0.5) is 4.39 Å². The lowest BCUT2D eigenvalue weighted by molar-refractivity contribution is -0.146. The number of hydrogen-bond donors (Lipinski definition) is 1. The van der Waals surface area contributed by atoms with E-state index in [0.717, 1.165) is 12.2 Å². The second-order valence-corrected chi connectivity index (χ2v) is 6.68. The van der Waals surface area contributed by atoms with Crippen molar-refractivity contribution in [1.29, 1.82) is 0 Å². The van der Waals surface area contributed by atoms with Gasteiger partial charge in [0, 0.05) is 38.3 Å². The molecule has 1 fully saturated rings. The van der Waals surface area contributed by atoms with Crippen molar-refractivity contribution in [3.8, 4) is 0 Å². The first-order valence-corrected chi connectivity index (χ1v) is 9.53. The summed E-state index contributed by atoms with van der Waals surface area (Å²) in [6.07, 6.45) is 2.81. The van der Waals surface area contributed by atoms with E-state index in [-0.39, 0.29) is 5.91 Å². The predicted molar refractivity (Wildman–Crippen MR) is 94.9 cm³/mol. The summed E-state index contributed by atoms with van der Waals surface area (Å²) < 4.78 is 12.9. The lowest BCUT2D eigenvalue weighted by Gasteiger charge is -2.34. The lowest BCUT2D eigenvalue weighted by atomic mass is 10.1. The Balaban J connectivity index is 1.80. The maximum absolute atomic E-state index is 12.9. The Morgan fingerprint density at radius 2 is 1.68 bits per heavy atom. The van der Waals surface area contributed by atoms with E-state index in [1.165, 1.54) is 29.2 Å². The van der Waals surface area contributed by atoms with Gasteiger partial charge in [-0.15, -0.1) is 0 Å². The van der Waals surface area contributed by atoms with E-state index < -0.39 is 17.6 Å². The fourth-order valence-electron chi connectivity index (χ4n) is 2.53. The maximum Gasteiger partial charge on any atom is 0.312 e. The lowest BCUT2D eigenvalue weighted by Crippen LogP contribution is -2.53. The van der Waals surface area contributed by atoms with Crippen LogP contribution in [-0.2, 0) is 9.59 Å². The second-order valence-electron chi connectivity index (χ2n) is 5.69. The molecule has 136 valence electrons. The summed E-state index contributed by atoms with van der Waals surface area (Å²) >= 11 is 1.69. The molecule has 0 spiro atoms. The standard InChI is InChI=1S/C17H22FN3O3S/c1-25-12-2-7-19-15(22)17(24)21-10-8-20(9-11-21)16(23)13-3-5-14(18)6-4-13/h3-6H,2,7-12H2,1H3,(H,19,22). The average molecular weight is 367 g/mol. The van der Waals surface area contributed by atoms with Gasteiger partial charge in [-0.1, -0.05) is 0 Å². The van der Waals surface area contributed by atoms with E-state index in [0.29, 0.717) is 38.3 Å². The molecular weight excluding hydrogens is 345 g/mol. The molecule has 0 radical (unpaired) electrons. The number of rotatable bonds is 5. The zero-order valence-corrected chi connectivity index (χ0v) is 15.0. The fraction of sp³-hybridized carbons (Fsp3) is 0.471. The molecule has 2 rings (SSSR count). The fourth-order valence-corrected chi connectivity index (χ4v) is 2.96. The van der Waals surface area contributed by atoms with Gasteiger partial charge in [0.25, 0.3) is 5.91 Å². The Hall–Kier alpha value is -2.09. The highest BCUT2D eigenvalue weighted by Gasteiger charge is 2.28. The SMILES string of the molecule is CSCCCNC(=O)C(=O)N1CCN(C(=O)c2ccc(F)cc2)CC1. The van der Waals surface area contributed by atoms with E-state index >= 15 is 0 Å². The maximum atomic E-state index is 12.9. The monoisotopic (exact) mass is 367 g/mol. The molecule has 25 heavy (non-hydrogen) atoms. The molecule has 1 aliphatic rings. The van der Waals surface area contributed by atoms with Gasteiger partial charge >= 0.3 is 11.8 Å². The largest absolute Gasteiger partial charge is 0.348 e. The Morgan fingerprint density at radius 3 is 2.28 bits per heavy atom. The molecule has 0 unspecified atom stereocenters. The quantitative estimate of drug-likeness (QED) is 0.622. The van der Waals surface area contributed by atoms with Crippen LogP contribution >= 0.6 is 11.8 Å². The van der Waals surface area contributed by atoms with Crippen LogP contribution in [0.5, 0.6) is 0 Å². The van der Waals surface area contributed by atoms with Crippen LogP contribution in [0.3, 0.4) is 0 Å². The smallest absolute Gasteiger partial charge is 0.312 e. The molecule has 8 heteroatoms. The van der Waals surface area contributed by atoms with Gasteiger partial charge in [-0.2, -0.15) is 11.8 Å². The third kappa shape index (κ3) is 5.45. The Labute approximate surface area is 150 Å². The summed E-state index contributed by atoms with van der Waals surface area (Å²) in [4.78, 5) is 39.4. The molecule has 1 heterocycles. The molecule has 6 nitrogen and oxygen atoms in total. The Morgan fingerprint density at radius 1 is 1.08 bits per heavy atom. The number of piperazine rings is 1. The number of thioether (sulfide) groups is 1. The molecular formula is C17H22FN3O3S. The number of hydrogen-bond acceptors (Lipinski definition) is 4. The van der Waals surface area contributed by atoms with Crippen molar-refractivity contribution < 1.29 is 18.8 Å². The number of carbonyl (C=O) groups is 3. The van der Waals surface area contributed by atoms with Crippen molar-refractivity contribution in [3.63, 3.8) is 0 Å². The van der Waals surface area contributed by atoms with Crippen molar-refractivity contribution in [2.45, 2.75) is 6.42 Å². The van der Waals surface area contributed by atoms with E-state index in [2.05, 4.69) is 5.32 Å². The molecule has 0 atom stereocenters. The molecule has 1 N–H and O–H groups in total. The Bertz CT molecular complexity index is 616. The molecule has 0 aromatic heterocycles. The van der Waals surface area contributed by atoms with E-state index in [9.17, 15) is 18.8 Å². The topological polar surface area (TPSA) is 69.7 Å². The van der Waals surface area contributed by atoms with Gasteiger partial charge in [0.2, 0.25) is 0 Å². The first-order valence-electron chi connectivity index (χ1n) is 8.14. The summed E-state index contributed by atoms with van der Waals surface area (Å²) in [6.45, 7) is 1.80. The highest BCUT2D eigenvalue weighted by atomic mass is 32.2. The highest BCUT2D eigenvalue weighted by Crippen LogP contribution is 2.10. The molecule has 0 saturated carbocycles. The van der Waals surface area contributed by atoms with E-state index in [1.54, 1.807) is 16.7 Å². The molecule has 1 saturated heterocycles. The number of nitrogens with zero attached hydrogens (tertiary/aromatic N) is 2. The third-order valence-corrected chi connectivity index (χ3v) is 4.65. The molecule has 0 aliphatic carbocycles. The van der Waals surface area contributed by atoms with Gasteiger partial charge in [-0.3, -0.25) is 14.4 Å². The van der Waals surface area contributed by atoms with Crippen LogP contribution in [0.25, 0.3) is 0 Å². The molecule has 1 aliphatic heterocycles. The van der Waals surface area contributed by atoms with Crippen LogP contribution in [-0.4, -0.2) is 72.3 Å². The van der Waals surface area contributed by atoms with Crippen molar-refractivity contribution in [2.75, 3.05) is 44.7 Å². The minimum Gasteiger partial charge on any atom is -0.348 e. The first-order chi connectivity index (χ1) is 12.0. The number of nitrogens with one attached hydrogen (secondary N) is 1. The first kappa shape index (κ1) is 19.2. The van der Waals surface area contributed by atoms with Gasteiger partial charge in [-0.25, -0.2) is 4.39 Å². The summed E-state index contributed by atoms with van der Waals surface area (Å²) in [6, 6.07) is 5.37. The minimum atomic E-state index is -0.598. The van der Waals surface area contributed by atoms with Crippen LogP contribution in [0.2, 0.25) is 0 Å². The number of halogens is 1. The van der Waals surface area contributed by atoms with Gasteiger partial charge in [0.15, 0.2) is 0 Å². The zero-order valence-electron chi connectivity index (χ0n) is 14.2. The summed E-state index contributed by atoms with van der Waals surface area (Å²) in [5.74, 6) is -0.819. The van der Waals surface area contributed by atoms with Crippen LogP contribution in [0, 0.1) is 5.82 Å². The van der Waals surface area contributed by atoms with E-state index in [4.69, 9.17) is 0 Å². The zero-order chi connectivity index (χ0) is 18.2. The van der Waals surface area contributed by atoms with E-state index in [1.807, 2.05) is 6.26 Å². The molecule has 0 bridgehead atoms. The van der Waals surface area contributed by atoms with Crippen molar-refractivity contribution in [2.24, 2.45) is 0 Å². The number of amides is 3. The normalized spacial score (nSPS) is 14.3. The van der Waals surface area contributed by atoms with Gasteiger partial charge < -0.3 is 15.1 Å². The number of benzene rings is 1. The highest BCUT2D eigenvalue weighted by molar-refractivity contribution is 7.98. The molecule has 1 aromatic carbocycles. The molecule has 3 amide bonds. The van der Waals surface area contributed by atoms with Crippen molar-refractivity contribution in [1.82, 2.24) is 15.1 Å². The van der Waals surface area contributed by atoms with Gasteiger partial charge in [-0.05, 0) is 42.7 Å². The van der Waals surface area contributed by atoms with Gasteiger partial charge in [0.1, 0.15) is 5.82 Å². The van der Waals surface area contributed by atoms with Crippen LogP contribution in [0.1, 0.15) is 16.8 Å². The Kier molecular flexibility index (Phi) is 7.24. The second kappa shape index (κ2) is 9.41. The summed E-state index contributed by atoms with van der Waals surface area (Å²) in [7, 11) is 0. The summed E-state index contributed by atoms with van der Waals surface area (Å²) in [5, 5.41) is 2.62. The summed E-state index contributed by atoms with van der Waals surface area (Å²) in [5.41, 5.74) is 0.410. The minimum absolute atomic E-state index is 0.200. The molecule has 1 aromatic rings. The average Bonchev–Trinajstić information content (AvgIpc) is 2.64. The van der Waals surface area contributed by atoms with Gasteiger partial charge in [0.05, 0.1) is 0 Å². The number of carbonyl (C=O) groups excluding carboxylic acids is 3. The van der Waals surface area contributed by atoms with Crippen LogP contribution in [0.15, 0.2) is 24.3 Å².